The van der Waals surface area contributed by atoms with Gasteiger partial charge in [-0.05, 0) is 0 Å². The van der Waals surface area contributed by atoms with Crippen molar-refractivity contribution in [1.82, 2.24) is 20.2 Å². The molecule has 1 atom stereocenters. The van der Waals surface area contributed by atoms with Crippen LogP contribution in [0.3, 0.4) is 0 Å². The standard InChI is InChI=1S/C12H24N4OS/c1-3-14(4-2-13-1)12-11-18-10-7-16(12)15-5-8-17-9-6-15/h12-13H,1-11H2. The zero-order valence-corrected chi connectivity index (χ0v) is 11.8. The maximum Gasteiger partial charge on any atom is 0.0853 e. The second-order valence-electron chi connectivity index (χ2n) is 5.07. The molecule has 3 aliphatic rings. The summed E-state index contributed by atoms with van der Waals surface area (Å²) in [6.07, 6.45) is 0.601. The Hall–Kier alpha value is 0.150. The Morgan fingerprint density at radius 2 is 1.78 bits per heavy atom. The van der Waals surface area contributed by atoms with E-state index in [1.165, 1.54) is 31.1 Å². The minimum absolute atomic E-state index is 0.601. The Morgan fingerprint density at radius 1 is 1.00 bits per heavy atom. The van der Waals surface area contributed by atoms with Gasteiger partial charge in [-0.2, -0.15) is 11.8 Å². The molecule has 0 saturated carbocycles. The van der Waals surface area contributed by atoms with Crippen LogP contribution in [0.2, 0.25) is 0 Å². The first-order chi connectivity index (χ1) is 8.95. The Morgan fingerprint density at radius 3 is 2.56 bits per heavy atom. The van der Waals surface area contributed by atoms with Gasteiger partial charge in [0.15, 0.2) is 0 Å². The van der Waals surface area contributed by atoms with E-state index in [0.29, 0.717) is 6.17 Å². The van der Waals surface area contributed by atoms with E-state index in [9.17, 15) is 0 Å². The number of nitrogens with one attached hydrogen (secondary N) is 1. The van der Waals surface area contributed by atoms with Gasteiger partial charge in [0.1, 0.15) is 0 Å². The van der Waals surface area contributed by atoms with Gasteiger partial charge in [-0.1, -0.05) is 0 Å². The smallest absolute Gasteiger partial charge is 0.0853 e. The summed E-state index contributed by atoms with van der Waals surface area (Å²) in [4.78, 5) is 2.65. The third-order valence-corrected chi connectivity index (χ3v) is 5.00. The molecule has 104 valence electrons. The average Bonchev–Trinajstić information content (AvgIpc) is 2.49. The first-order valence-corrected chi connectivity index (χ1v) is 8.22. The van der Waals surface area contributed by atoms with E-state index in [1.54, 1.807) is 0 Å². The summed E-state index contributed by atoms with van der Waals surface area (Å²) in [7, 11) is 0. The fourth-order valence-corrected chi connectivity index (χ4v) is 4.07. The second kappa shape index (κ2) is 6.54. The van der Waals surface area contributed by atoms with Crippen LogP contribution in [0, 0.1) is 0 Å². The number of hydrogen-bond donors (Lipinski definition) is 1. The summed E-state index contributed by atoms with van der Waals surface area (Å²) >= 11 is 2.10. The lowest BCUT2D eigenvalue weighted by molar-refractivity contribution is -0.141. The van der Waals surface area contributed by atoms with Crippen LogP contribution in [-0.4, -0.2) is 91.6 Å². The number of hydrazine groups is 1. The van der Waals surface area contributed by atoms with Crippen LogP contribution < -0.4 is 5.32 Å². The SMILES string of the molecule is C1CN(C2CSCCN2N2CCOCC2)CCN1. The molecule has 0 spiro atoms. The van der Waals surface area contributed by atoms with Crippen molar-refractivity contribution in [2.24, 2.45) is 0 Å². The van der Waals surface area contributed by atoms with Crippen LogP contribution in [0.25, 0.3) is 0 Å². The van der Waals surface area contributed by atoms with Crippen LogP contribution in [0.4, 0.5) is 0 Å². The van der Waals surface area contributed by atoms with Gasteiger partial charge in [-0.3, -0.25) is 4.90 Å². The lowest BCUT2D eigenvalue weighted by atomic mass is 10.3. The van der Waals surface area contributed by atoms with Crippen molar-refractivity contribution in [1.29, 1.82) is 0 Å². The summed E-state index contributed by atoms with van der Waals surface area (Å²) in [6.45, 7) is 9.74. The van der Waals surface area contributed by atoms with Gasteiger partial charge in [0.25, 0.3) is 0 Å². The van der Waals surface area contributed by atoms with E-state index in [0.717, 1.165) is 39.4 Å². The first kappa shape index (κ1) is 13.1. The molecule has 3 heterocycles. The normalized spacial score (nSPS) is 33.7. The van der Waals surface area contributed by atoms with Crippen molar-refractivity contribution in [3.8, 4) is 0 Å². The van der Waals surface area contributed by atoms with Crippen molar-refractivity contribution in [2.45, 2.75) is 6.17 Å². The number of rotatable bonds is 2. The molecule has 0 amide bonds. The van der Waals surface area contributed by atoms with Crippen LogP contribution in [0.5, 0.6) is 0 Å². The van der Waals surface area contributed by atoms with Gasteiger partial charge in [0, 0.05) is 57.3 Å². The Bertz CT molecular complexity index is 230. The van der Waals surface area contributed by atoms with Gasteiger partial charge in [0.2, 0.25) is 0 Å². The Kier molecular flexibility index (Phi) is 4.78. The van der Waals surface area contributed by atoms with Gasteiger partial charge in [-0.15, -0.1) is 0 Å². The van der Waals surface area contributed by atoms with Crippen molar-refractivity contribution in [3.63, 3.8) is 0 Å². The molecule has 3 fully saturated rings. The highest BCUT2D eigenvalue weighted by atomic mass is 32.2. The van der Waals surface area contributed by atoms with Crippen LogP contribution in [0.15, 0.2) is 0 Å². The molecule has 6 heteroatoms. The molecule has 0 aliphatic carbocycles. The van der Waals surface area contributed by atoms with E-state index in [1.807, 2.05) is 0 Å². The van der Waals surface area contributed by atoms with Crippen LogP contribution in [0.1, 0.15) is 0 Å². The third-order valence-electron chi connectivity index (χ3n) is 4.00. The summed E-state index contributed by atoms with van der Waals surface area (Å²) < 4.78 is 5.47. The average molecular weight is 272 g/mol. The predicted octanol–water partition coefficient (Wildman–Crippen LogP) is -0.486. The highest BCUT2D eigenvalue weighted by Crippen LogP contribution is 2.22. The number of ether oxygens (including phenoxy) is 1. The highest BCUT2D eigenvalue weighted by molar-refractivity contribution is 7.99. The number of nitrogens with zero attached hydrogens (tertiary/aromatic N) is 3. The highest BCUT2D eigenvalue weighted by Gasteiger charge is 2.33. The number of morpholine rings is 1. The van der Waals surface area contributed by atoms with Crippen molar-refractivity contribution >= 4 is 11.8 Å². The lowest BCUT2D eigenvalue weighted by Gasteiger charge is -2.49. The molecule has 0 radical (unpaired) electrons. The second-order valence-corrected chi connectivity index (χ2v) is 6.22. The van der Waals surface area contributed by atoms with Gasteiger partial charge in [0.05, 0.1) is 19.4 Å². The van der Waals surface area contributed by atoms with E-state index >= 15 is 0 Å². The summed E-state index contributed by atoms with van der Waals surface area (Å²) in [5.41, 5.74) is 0. The Labute approximate surface area is 114 Å². The number of thioether (sulfide) groups is 1. The summed E-state index contributed by atoms with van der Waals surface area (Å²) in [6, 6.07) is 0. The molecule has 5 nitrogen and oxygen atoms in total. The number of piperazine rings is 1. The van der Waals surface area contributed by atoms with E-state index in [2.05, 4.69) is 32.0 Å². The maximum absolute atomic E-state index is 5.47. The summed E-state index contributed by atoms with van der Waals surface area (Å²) in [5.74, 6) is 2.51. The van der Waals surface area contributed by atoms with Gasteiger partial charge in [-0.25, -0.2) is 10.0 Å². The quantitative estimate of drug-likeness (QED) is 0.730. The third kappa shape index (κ3) is 3.00. The van der Waals surface area contributed by atoms with Crippen LogP contribution >= 0.6 is 11.8 Å². The molecule has 0 aromatic carbocycles. The summed E-state index contributed by atoms with van der Waals surface area (Å²) in [5, 5.41) is 8.59. The lowest BCUT2D eigenvalue weighted by Crippen LogP contribution is -2.64. The minimum atomic E-state index is 0.601. The zero-order chi connectivity index (χ0) is 12.2. The first-order valence-electron chi connectivity index (χ1n) is 7.07. The van der Waals surface area contributed by atoms with Gasteiger partial charge >= 0.3 is 0 Å². The van der Waals surface area contributed by atoms with Crippen LogP contribution in [-0.2, 0) is 4.74 Å². The molecule has 0 bridgehead atoms. The molecule has 1 unspecified atom stereocenters. The molecule has 3 rings (SSSR count). The van der Waals surface area contributed by atoms with Crippen molar-refractivity contribution in [3.05, 3.63) is 0 Å². The molecule has 3 saturated heterocycles. The fourth-order valence-electron chi connectivity index (χ4n) is 3.00. The molecule has 1 N–H and O–H groups in total. The molecular weight excluding hydrogens is 248 g/mol. The van der Waals surface area contributed by atoms with Gasteiger partial charge < -0.3 is 10.1 Å². The molecule has 0 aromatic rings. The molecule has 3 aliphatic heterocycles. The monoisotopic (exact) mass is 272 g/mol. The largest absolute Gasteiger partial charge is 0.379 e. The fraction of sp³-hybridized carbons (Fsp3) is 1.00. The zero-order valence-electron chi connectivity index (χ0n) is 11.0. The Balaban J connectivity index is 1.64. The minimum Gasteiger partial charge on any atom is -0.379 e. The maximum atomic E-state index is 5.47. The van der Waals surface area contributed by atoms with E-state index < -0.39 is 0 Å². The van der Waals surface area contributed by atoms with E-state index in [4.69, 9.17) is 4.74 Å². The molecular formula is C12H24N4OS. The molecule has 0 aromatic heterocycles. The van der Waals surface area contributed by atoms with Crippen molar-refractivity contribution in [2.75, 3.05) is 70.5 Å². The number of hydrogen-bond acceptors (Lipinski definition) is 6. The molecule has 18 heavy (non-hydrogen) atoms. The predicted molar refractivity (Wildman–Crippen MR) is 74.7 cm³/mol. The topological polar surface area (TPSA) is 31.0 Å². The van der Waals surface area contributed by atoms with Crippen molar-refractivity contribution < 1.29 is 4.74 Å². The van der Waals surface area contributed by atoms with E-state index in [-0.39, 0.29) is 0 Å².